The fourth-order valence-electron chi connectivity index (χ4n) is 2.08. The van der Waals surface area contributed by atoms with Gasteiger partial charge in [0.15, 0.2) is 5.69 Å². The normalized spacial score (nSPS) is 11.7. The molecule has 0 bridgehead atoms. The Balaban J connectivity index is 2.12. The molecular weight excluding hydrogens is 298 g/mol. The van der Waals surface area contributed by atoms with E-state index in [0.29, 0.717) is 17.9 Å². The van der Waals surface area contributed by atoms with E-state index < -0.39 is 17.9 Å². The van der Waals surface area contributed by atoms with Gasteiger partial charge in [0, 0.05) is 18.7 Å². The molecule has 2 heterocycles. The van der Waals surface area contributed by atoms with Crippen LogP contribution < -0.4 is 5.32 Å². The molecule has 0 aliphatic heterocycles. The van der Waals surface area contributed by atoms with Crippen LogP contribution in [0, 0.1) is 0 Å². The van der Waals surface area contributed by atoms with Gasteiger partial charge in [-0.1, -0.05) is 18.1 Å². The Kier molecular flexibility index (Phi) is 5.85. The van der Waals surface area contributed by atoms with Crippen LogP contribution in [0.4, 0.5) is 0 Å². The fourth-order valence-corrected chi connectivity index (χ4v) is 2.08. The Morgan fingerprint density at radius 1 is 1.39 bits per heavy atom. The smallest absolute Gasteiger partial charge is 0.308 e. The van der Waals surface area contributed by atoms with E-state index in [2.05, 4.69) is 20.2 Å². The molecule has 23 heavy (non-hydrogen) atoms. The lowest BCUT2D eigenvalue weighted by Crippen LogP contribution is -2.31. The van der Waals surface area contributed by atoms with Crippen molar-refractivity contribution in [1.29, 1.82) is 0 Å². The number of methoxy groups -OCH3 is 1. The second-order valence-electron chi connectivity index (χ2n) is 4.99. The number of nitrogens with one attached hydrogen (secondary N) is 1. The predicted octanol–water partition coefficient (Wildman–Crippen LogP) is 2.06. The highest BCUT2D eigenvalue weighted by atomic mass is 16.5. The maximum absolute atomic E-state index is 12.3. The van der Waals surface area contributed by atoms with Gasteiger partial charge in [0.2, 0.25) is 0 Å². The summed E-state index contributed by atoms with van der Waals surface area (Å²) in [5.74, 6) is -0.205. The van der Waals surface area contributed by atoms with Gasteiger partial charge in [-0.2, -0.15) is 0 Å². The summed E-state index contributed by atoms with van der Waals surface area (Å²) in [7, 11) is 1.30. The summed E-state index contributed by atoms with van der Waals surface area (Å²) in [5, 5.41) is 6.50. The monoisotopic (exact) mass is 317 g/mol. The van der Waals surface area contributed by atoms with Crippen LogP contribution >= 0.6 is 0 Å². The average Bonchev–Trinajstić information content (AvgIpc) is 3.04. The second-order valence-corrected chi connectivity index (χ2v) is 4.99. The van der Waals surface area contributed by atoms with Crippen molar-refractivity contribution in [3.63, 3.8) is 0 Å². The van der Waals surface area contributed by atoms with Gasteiger partial charge in [-0.15, -0.1) is 0 Å². The number of carbonyl (C=O) groups excluding carboxylic acids is 2. The predicted molar refractivity (Wildman–Crippen MR) is 81.6 cm³/mol. The Labute approximate surface area is 134 Å². The molecule has 0 aromatic carbocycles. The van der Waals surface area contributed by atoms with Crippen molar-refractivity contribution < 1.29 is 18.8 Å². The second kappa shape index (κ2) is 8.07. The van der Waals surface area contributed by atoms with Crippen LogP contribution in [0.2, 0.25) is 0 Å². The Hall–Kier alpha value is -2.70. The SMILES string of the molecule is CCCc1cc(C(=O)NC(CC(=O)OC)c2ccccn2)no1. The molecule has 122 valence electrons. The number of carbonyl (C=O) groups is 2. The molecule has 0 spiro atoms. The molecule has 0 aliphatic rings. The third-order valence-corrected chi connectivity index (χ3v) is 3.24. The van der Waals surface area contributed by atoms with Crippen molar-refractivity contribution >= 4 is 11.9 Å². The number of esters is 1. The highest BCUT2D eigenvalue weighted by Gasteiger charge is 2.22. The molecule has 0 saturated heterocycles. The van der Waals surface area contributed by atoms with Gasteiger partial charge in [0.1, 0.15) is 5.76 Å². The molecule has 2 rings (SSSR count). The highest BCUT2D eigenvalue weighted by Crippen LogP contribution is 2.16. The van der Waals surface area contributed by atoms with Crippen LogP contribution in [0.5, 0.6) is 0 Å². The molecule has 1 amide bonds. The van der Waals surface area contributed by atoms with Crippen molar-refractivity contribution in [3.05, 3.63) is 47.6 Å². The number of ether oxygens (including phenoxy) is 1. The minimum atomic E-state index is -0.595. The van der Waals surface area contributed by atoms with Crippen molar-refractivity contribution in [2.45, 2.75) is 32.2 Å². The maximum Gasteiger partial charge on any atom is 0.308 e. The molecule has 1 atom stereocenters. The number of pyridine rings is 1. The fraction of sp³-hybridized carbons (Fsp3) is 0.375. The molecule has 0 fully saturated rings. The number of hydrogen-bond acceptors (Lipinski definition) is 6. The van der Waals surface area contributed by atoms with Gasteiger partial charge in [-0.05, 0) is 18.6 Å². The van der Waals surface area contributed by atoms with E-state index in [1.54, 1.807) is 30.5 Å². The molecule has 1 N–H and O–H groups in total. The van der Waals surface area contributed by atoms with Gasteiger partial charge in [-0.25, -0.2) is 0 Å². The van der Waals surface area contributed by atoms with Crippen molar-refractivity contribution in [1.82, 2.24) is 15.5 Å². The lowest BCUT2D eigenvalue weighted by atomic mass is 10.1. The van der Waals surface area contributed by atoms with Crippen LogP contribution in [-0.4, -0.2) is 29.1 Å². The van der Waals surface area contributed by atoms with Crippen molar-refractivity contribution in [3.8, 4) is 0 Å². The third-order valence-electron chi connectivity index (χ3n) is 3.24. The van der Waals surface area contributed by atoms with Gasteiger partial charge in [-0.3, -0.25) is 14.6 Å². The molecule has 0 radical (unpaired) electrons. The van der Waals surface area contributed by atoms with Gasteiger partial charge in [0.05, 0.1) is 25.3 Å². The van der Waals surface area contributed by atoms with Crippen LogP contribution in [0.15, 0.2) is 35.0 Å². The lowest BCUT2D eigenvalue weighted by Gasteiger charge is -2.16. The average molecular weight is 317 g/mol. The summed E-state index contributed by atoms with van der Waals surface area (Å²) in [5.41, 5.74) is 0.753. The third kappa shape index (κ3) is 4.64. The zero-order valence-electron chi connectivity index (χ0n) is 13.1. The molecule has 7 heteroatoms. The molecule has 2 aromatic rings. The summed E-state index contributed by atoms with van der Waals surface area (Å²) in [6.07, 6.45) is 3.20. The number of nitrogens with zero attached hydrogens (tertiary/aromatic N) is 2. The molecule has 0 saturated carbocycles. The number of aromatic nitrogens is 2. The van der Waals surface area contributed by atoms with E-state index in [9.17, 15) is 9.59 Å². The van der Waals surface area contributed by atoms with Crippen LogP contribution in [0.1, 0.15) is 47.7 Å². The highest BCUT2D eigenvalue weighted by molar-refractivity contribution is 5.92. The zero-order valence-corrected chi connectivity index (χ0v) is 13.1. The van der Waals surface area contributed by atoms with E-state index in [1.165, 1.54) is 7.11 Å². The maximum atomic E-state index is 12.3. The molecule has 1 unspecified atom stereocenters. The molecular formula is C16H19N3O4. The standard InChI is InChI=1S/C16H19N3O4/c1-3-6-11-9-14(19-23-11)16(21)18-13(10-15(20)22-2)12-7-4-5-8-17-12/h4-5,7-9,13H,3,6,10H2,1-2H3,(H,18,21). The summed E-state index contributed by atoms with van der Waals surface area (Å²) in [4.78, 5) is 28.1. The van der Waals surface area contributed by atoms with E-state index >= 15 is 0 Å². The lowest BCUT2D eigenvalue weighted by molar-refractivity contribution is -0.141. The summed E-state index contributed by atoms with van der Waals surface area (Å²) in [6.45, 7) is 2.01. The van der Waals surface area contributed by atoms with Crippen LogP contribution in [-0.2, 0) is 16.0 Å². The van der Waals surface area contributed by atoms with Crippen LogP contribution in [0.25, 0.3) is 0 Å². The number of hydrogen-bond donors (Lipinski definition) is 1. The Morgan fingerprint density at radius 2 is 2.22 bits per heavy atom. The van der Waals surface area contributed by atoms with E-state index in [0.717, 1.165) is 6.42 Å². The Bertz CT molecular complexity index is 654. The minimum Gasteiger partial charge on any atom is -0.469 e. The van der Waals surface area contributed by atoms with Crippen molar-refractivity contribution in [2.75, 3.05) is 7.11 Å². The summed E-state index contributed by atoms with van der Waals surface area (Å²) in [6, 6.07) is 6.29. The number of rotatable bonds is 7. The first-order valence-corrected chi connectivity index (χ1v) is 7.38. The number of amides is 1. The first-order valence-electron chi connectivity index (χ1n) is 7.38. The van der Waals surface area contributed by atoms with E-state index in [1.807, 2.05) is 6.92 Å². The topological polar surface area (TPSA) is 94.3 Å². The minimum absolute atomic E-state index is 0.0150. The number of aryl methyl sites for hydroxylation is 1. The molecule has 7 nitrogen and oxygen atoms in total. The largest absolute Gasteiger partial charge is 0.469 e. The van der Waals surface area contributed by atoms with Gasteiger partial charge in [0.25, 0.3) is 5.91 Å². The molecule has 0 aliphatic carbocycles. The van der Waals surface area contributed by atoms with E-state index in [4.69, 9.17) is 4.52 Å². The summed E-state index contributed by atoms with van der Waals surface area (Å²) < 4.78 is 9.77. The van der Waals surface area contributed by atoms with Crippen LogP contribution in [0.3, 0.4) is 0 Å². The van der Waals surface area contributed by atoms with E-state index in [-0.39, 0.29) is 12.1 Å². The van der Waals surface area contributed by atoms with Gasteiger partial charge < -0.3 is 14.6 Å². The first-order chi connectivity index (χ1) is 11.1. The first kappa shape index (κ1) is 16.7. The van der Waals surface area contributed by atoms with Crippen molar-refractivity contribution in [2.24, 2.45) is 0 Å². The zero-order chi connectivity index (χ0) is 16.7. The quantitative estimate of drug-likeness (QED) is 0.785. The molecule has 2 aromatic heterocycles. The summed E-state index contributed by atoms with van der Waals surface area (Å²) >= 11 is 0. The van der Waals surface area contributed by atoms with Gasteiger partial charge >= 0.3 is 5.97 Å². The Morgan fingerprint density at radius 3 is 2.87 bits per heavy atom.